The van der Waals surface area contributed by atoms with E-state index in [2.05, 4.69) is 0 Å². The van der Waals surface area contributed by atoms with E-state index in [0.29, 0.717) is 27.6 Å². The summed E-state index contributed by atoms with van der Waals surface area (Å²) in [7, 11) is 4.59. The van der Waals surface area contributed by atoms with Crippen molar-refractivity contribution in [2.45, 2.75) is 18.5 Å². The Labute approximate surface area is 213 Å². The highest BCUT2D eigenvalue weighted by Crippen LogP contribution is 2.32. The third-order valence-electron chi connectivity index (χ3n) is 5.69. The van der Waals surface area contributed by atoms with E-state index in [-0.39, 0.29) is 13.0 Å². The number of benzene rings is 3. The number of hydrogen-bond acceptors (Lipinski definition) is 3. The van der Waals surface area contributed by atoms with Gasteiger partial charge in [-0.15, -0.1) is 0 Å². The maximum atomic E-state index is 13.9. The lowest BCUT2D eigenvalue weighted by atomic mass is 9.95. The van der Waals surface area contributed by atoms with E-state index in [0.717, 1.165) is 12.1 Å². The molecular formula is C27H26ClF3N2O3. The van der Waals surface area contributed by atoms with Crippen LogP contribution in [0.25, 0.3) is 0 Å². The van der Waals surface area contributed by atoms with E-state index in [4.69, 9.17) is 16.3 Å². The molecule has 5 nitrogen and oxygen atoms in total. The van der Waals surface area contributed by atoms with Crippen LogP contribution in [0.15, 0.2) is 72.8 Å². The highest BCUT2D eigenvalue weighted by molar-refractivity contribution is 6.32. The molecule has 1 atom stereocenters. The molecule has 36 heavy (non-hydrogen) atoms. The minimum absolute atomic E-state index is 0.110. The Morgan fingerprint density at radius 3 is 2.14 bits per heavy atom. The van der Waals surface area contributed by atoms with Gasteiger partial charge in [-0.3, -0.25) is 9.59 Å². The molecule has 3 aromatic rings. The monoisotopic (exact) mass is 518 g/mol. The predicted molar refractivity (Wildman–Crippen MR) is 133 cm³/mol. The standard InChI is InChI=1S/C27H26ClF3N2O3/c1-32(2)25(34)24(19-7-5-4-6-8-19)26(35)33(21-13-14-22(28)23(17-21)36-3)16-15-18-9-11-20(12-10-18)27(29,30)31/h4-14,17,24H,15-16H2,1-3H3. The van der Waals surface area contributed by atoms with E-state index in [1.54, 1.807) is 62.6 Å². The minimum Gasteiger partial charge on any atom is -0.495 e. The lowest BCUT2D eigenvalue weighted by Crippen LogP contribution is -2.43. The van der Waals surface area contributed by atoms with Gasteiger partial charge in [0.1, 0.15) is 11.7 Å². The Morgan fingerprint density at radius 1 is 0.944 bits per heavy atom. The summed E-state index contributed by atoms with van der Waals surface area (Å²) in [4.78, 5) is 29.9. The number of carbonyl (C=O) groups excluding carboxylic acids is 2. The number of carbonyl (C=O) groups is 2. The summed E-state index contributed by atoms with van der Waals surface area (Å²) in [6, 6.07) is 18.3. The van der Waals surface area contributed by atoms with Crippen molar-refractivity contribution >= 4 is 29.1 Å². The lowest BCUT2D eigenvalue weighted by Gasteiger charge is -2.29. The van der Waals surface area contributed by atoms with Gasteiger partial charge in [0.05, 0.1) is 17.7 Å². The molecule has 0 saturated heterocycles. The van der Waals surface area contributed by atoms with Gasteiger partial charge < -0.3 is 14.5 Å². The molecule has 0 fully saturated rings. The zero-order valence-electron chi connectivity index (χ0n) is 20.1. The van der Waals surface area contributed by atoms with Gasteiger partial charge >= 0.3 is 6.18 Å². The molecule has 1 unspecified atom stereocenters. The first kappa shape index (κ1) is 27.1. The van der Waals surface area contributed by atoms with Crippen molar-refractivity contribution in [1.29, 1.82) is 0 Å². The SMILES string of the molecule is COc1cc(N(CCc2ccc(C(F)(F)F)cc2)C(=O)C(C(=O)N(C)C)c2ccccc2)ccc1Cl. The zero-order valence-corrected chi connectivity index (χ0v) is 20.8. The number of alkyl halides is 3. The van der Waals surface area contributed by atoms with E-state index < -0.39 is 29.5 Å². The number of likely N-dealkylation sites (N-methyl/N-ethyl adjacent to an activating group) is 1. The number of nitrogens with zero attached hydrogens (tertiary/aromatic N) is 2. The Hall–Kier alpha value is -3.52. The van der Waals surface area contributed by atoms with Crippen LogP contribution in [0.5, 0.6) is 5.75 Å². The van der Waals surface area contributed by atoms with Gasteiger partial charge in [0, 0.05) is 32.4 Å². The summed E-state index contributed by atoms with van der Waals surface area (Å²) in [6.07, 6.45) is -4.18. The molecule has 0 heterocycles. The molecule has 190 valence electrons. The Kier molecular flexibility index (Phi) is 8.63. The molecule has 0 N–H and O–H groups in total. The second-order valence-corrected chi connectivity index (χ2v) is 8.74. The molecule has 0 bridgehead atoms. The van der Waals surface area contributed by atoms with Crippen molar-refractivity contribution in [3.8, 4) is 5.75 Å². The molecule has 0 aliphatic heterocycles. The number of amides is 2. The average molecular weight is 519 g/mol. The van der Waals surface area contributed by atoms with Gasteiger partial charge in [-0.05, 0) is 41.8 Å². The maximum Gasteiger partial charge on any atom is 0.416 e. The van der Waals surface area contributed by atoms with Gasteiger partial charge in [0.25, 0.3) is 0 Å². The largest absolute Gasteiger partial charge is 0.495 e. The van der Waals surface area contributed by atoms with Crippen molar-refractivity contribution in [2.24, 2.45) is 0 Å². The van der Waals surface area contributed by atoms with Crippen molar-refractivity contribution in [1.82, 2.24) is 4.90 Å². The number of ether oxygens (including phenoxy) is 1. The average Bonchev–Trinajstić information content (AvgIpc) is 2.85. The van der Waals surface area contributed by atoms with Crippen LogP contribution in [0.4, 0.5) is 18.9 Å². The molecule has 3 aromatic carbocycles. The fraction of sp³-hybridized carbons (Fsp3) is 0.259. The van der Waals surface area contributed by atoms with Crippen LogP contribution in [0, 0.1) is 0 Å². The second-order valence-electron chi connectivity index (χ2n) is 8.33. The first-order valence-electron chi connectivity index (χ1n) is 11.1. The number of hydrogen-bond donors (Lipinski definition) is 0. The van der Waals surface area contributed by atoms with Gasteiger partial charge in [0.15, 0.2) is 0 Å². The summed E-state index contributed by atoms with van der Waals surface area (Å²) in [5.74, 6) is -1.64. The topological polar surface area (TPSA) is 49.9 Å². The van der Waals surface area contributed by atoms with E-state index in [9.17, 15) is 22.8 Å². The number of anilines is 1. The summed E-state index contributed by atoms with van der Waals surface area (Å²) < 4.78 is 44.1. The van der Waals surface area contributed by atoms with Crippen LogP contribution in [-0.2, 0) is 22.2 Å². The maximum absolute atomic E-state index is 13.9. The molecule has 9 heteroatoms. The summed E-state index contributed by atoms with van der Waals surface area (Å²) >= 11 is 6.17. The van der Waals surface area contributed by atoms with E-state index in [1.165, 1.54) is 29.0 Å². The normalized spacial score (nSPS) is 12.1. The van der Waals surface area contributed by atoms with Crippen molar-refractivity contribution in [3.63, 3.8) is 0 Å². The third kappa shape index (κ3) is 6.37. The van der Waals surface area contributed by atoms with Crippen LogP contribution < -0.4 is 9.64 Å². The molecule has 0 radical (unpaired) electrons. The second kappa shape index (κ2) is 11.5. The van der Waals surface area contributed by atoms with Crippen molar-refractivity contribution in [2.75, 3.05) is 32.6 Å². The Balaban J connectivity index is 2.00. The van der Waals surface area contributed by atoms with Crippen molar-refractivity contribution in [3.05, 3.63) is 94.5 Å². The summed E-state index contributed by atoms with van der Waals surface area (Å²) in [5, 5.41) is 0.348. The molecule has 0 aliphatic carbocycles. The first-order valence-corrected chi connectivity index (χ1v) is 11.5. The van der Waals surface area contributed by atoms with Crippen LogP contribution in [-0.4, -0.2) is 44.5 Å². The third-order valence-corrected chi connectivity index (χ3v) is 6.00. The molecule has 0 saturated carbocycles. The zero-order chi connectivity index (χ0) is 26.5. The predicted octanol–water partition coefficient (Wildman–Crippen LogP) is 5.82. The van der Waals surface area contributed by atoms with Gasteiger partial charge in [-0.1, -0.05) is 54.1 Å². The minimum atomic E-state index is -4.43. The Bertz CT molecular complexity index is 1200. The Morgan fingerprint density at radius 2 is 1.58 bits per heavy atom. The fourth-order valence-electron chi connectivity index (χ4n) is 3.73. The highest BCUT2D eigenvalue weighted by atomic mass is 35.5. The number of methoxy groups -OCH3 is 1. The molecule has 0 spiro atoms. The van der Waals surface area contributed by atoms with Gasteiger partial charge in [0.2, 0.25) is 11.8 Å². The highest BCUT2D eigenvalue weighted by Gasteiger charge is 2.34. The first-order chi connectivity index (χ1) is 17.0. The van der Waals surface area contributed by atoms with Gasteiger partial charge in [-0.2, -0.15) is 13.2 Å². The quantitative estimate of drug-likeness (QED) is 0.353. The molecule has 0 aromatic heterocycles. The molecule has 0 aliphatic rings. The van der Waals surface area contributed by atoms with E-state index >= 15 is 0 Å². The van der Waals surface area contributed by atoms with Crippen LogP contribution >= 0.6 is 11.6 Å². The smallest absolute Gasteiger partial charge is 0.416 e. The van der Waals surface area contributed by atoms with E-state index in [1.807, 2.05) is 0 Å². The fourth-order valence-corrected chi connectivity index (χ4v) is 3.93. The number of halogens is 4. The van der Waals surface area contributed by atoms with Crippen LogP contribution in [0.2, 0.25) is 5.02 Å². The van der Waals surface area contributed by atoms with Crippen LogP contribution in [0.1, 0.15) is 22.6 Å². The number of rotatable bonds is 8. The van der Waals surface area contributed by atoms with Gasteiger partial charge in [-0.25, -0.2) is 0 Å². The lowest BCUT2D eigenvalue weighted by molar-refractivity contribution is -0.138. The van der Waals surface area contributed by atoms with Crippen molar-refractivity contribution < 1.29 is 27.5 Å². The summed E-state index contributed by atoms with van der Waals surface area (Å²) in [5.41, 5.74) is 0.835. The molecule has 2 amide bonds. The molecular weight excluding hydrogens is 493 g/mol. The van der Waals surface area contributed by atoms with Crippen LogP contribution in [0.3, 0.4) is 0 Å². The summed E-state index contributed by atoms with van der Waals surface area (Å²) in [6.45, 7) is 0.110. The molecule has 3 rings (SSSR count).